The van der Waals surface area contributed by atoms with Crippen LogP contribution in [0.2, 0.25) is 0 Å². The van der Waals surface area contributed by atoms with Crippen LogP contribution in [0.4, 0.5) is 5.69 Å². The van der Waals surface area contributed by atoms with Crippen LogP contribution in [0, 0.1) is 0 Å². The average Bonchev–Trinajstić information content (AvgIpc) is 2.61. The molecule has 1 aliphatic carbocycles. The molecule has 25 heavy (non-hydrogen) atoms. The molecular weight excluding hydrogens is 340 g/mol. The summed E-state index contributed by atoms with van der Waals surface area (Å²) in [6.45, 7) is 1.83. The van der Waals surface area contributed by atoms with E-state index in [0.29, 0.717) is 24.1 Å². The van der Waals surface area contributed by atoms with Gasteiger partial charge in [0, 0.05) is 17.5 Å². The normalized spacial score (nSPS) is 21.8. The summed E-state index contributed by atoms with van der Waals surface area (Å²) in [6.07, 6.45) is 3.55. The summed E-state index contributed by atoms with van der Waals surface area (Å²) in [5.41, 5.74) is -0.138. The van der Waals surface area contributed by atoms with Crippen molar-refractivity contribution in [2.75, 3.05) is 12.4 Å². The second-order valence-corrected chi connectivity index (χ2v) is 8.10. The van der Waals surface area contributed by atoms with Crippen molar-refractivity contribution in [2.45, 2.75) is 54.7 Å². The predicted molar refractivity (Wildman–Crippen MR) is 95.9 cm³/mol. The van der Waals surface area contributed by atoms with E-state index in [9.17, 15) is 19.5 Å². The third-order valence-corrected chi connectivity index (χ3v) is 6.36. The van der Waals surface area contributed by atoms with E-state index >= 15 is 0 Å². The number of rotatable bonds is 3. The van der Waals surface area contributed by atoms with E-state index < -0.39 is 11.5 Å². The Balaban J connectivity index is 1.89. The molecule has 6 nitrogen and oxygen atoms in total. The van der Waals surface area contributed by atoms with E-state index in [-0.39, 0.29) is 17.1 Å². The molecule has 1 aromatic carbocycles. The molecule has 0 saturated heterocycles. The van der Waals surface area contributed by atoms with E-state index in [4.69, 9.17) is 0 Å². The van der Waals surface area contributed by atoms with Gasteiger partial charge in [0.15, 0.2) is 0 Å². The topological polar surface area (TPSA) is 86.7 Å². The minimum atomic E-state index is -1.14. The average molecular weight is 362 g/mol. The van der Waals surface area contributed by atoms with Gasteiger partial charge in [-0.25, -0.2) is 4.79 Å². The summed E-state index contributed by atoms with van der Waals surface area (Å²) in [7, 11) is 1.57. The maximum absolute atomic E-state index is 12.9. The Morgan fingerprint density at radius 1 is 1.28 bits per heavy atom. The van der Waals surface area contributed by atoms with Crippen LogP contribution < -0.4 is 5.32 Å². The van der Waals surface area contributed by atoms with Crippen molar-refractivity contribution in [3.8, 4) is 0 Å². The summed E-state index contributed by atoms with van der Waals surface area (Å²) in [6, 6.07) is 5.15. The predicted octanol–water partition coefficient (Wildman–Crippen LogP) is 2.98. The molecule has 1 aliphatic heterocycles. The summed E-state index contributed by atoms with van der Waals surface area (Å²) in [5, 5.41) is 12.4. The highest BCUT2D eigenvalue weighted by atomic mass is 32.2. The van der Waals surface area contributed by atoms with Crippen molar-refractivity contribution in [1.29, 1.82) is 0 Å². The molecule has 2 N–H and O–H groups in total. The Morgan fingerprint density at radius 2 is 1.96 bits per heavy atom. The van der Waals surface area contributed by atoms with Gasteiger partial charge in [-0.1, -0.05) is 19.3 Å². The molecule has 2 amide bonds. The van der Waals surface area contributed by atoms with Crippen LogP contribution >= 0.6 is 11.8 Å². The molecular formula is C18H22N2O4S. The van der Waals surface area contributed by atoms with E-state index in [1.165, 1.54) is 16.7 Å². The van der Waals surface area contributed by atoms with Crippen LogP contribution in [-0.2, 0) is 9.59 Å². The molecule has 7 heteroatoms. The fourth-order valence-electron chi connectivity index (χ4n) is 3.56. The van der Waals surface area contributed by atoms with Crippen molar-refractivity contribution in [3.63, 3.8) is 0 Å². The maximum Gasteiger partial charge on any atom is 0.329 e. The first-order chi connectivity index (χ1) is 11.8. The number of amides is 2. The number of carbonyl (C=O) groups excluding carboxylic acids is 2. The number of fused-ring (bicyclic) bond motifs is 1. The van der Waals surface area contributed by atoms with Crippen LogP contribution in [0.5, 0.6) is 0 Å². The second-order valence-electron chi connectivity index (χ2n) is 6.72. The Labute approximate surface area is 151 Å². The van der Waals surface area contributed by atoms with Gasteiger partial charge in [0.25, 0.3) is 5.91 Å². The number of nitrogens with one attached hydrogen (secondary N) is 1. The summed E-state index contributed by atoms with van der Waals surface area (Å²) >= 11 is 1.45. The Morgan fingerprint density at radius 3 is 2.60 bits per heavy atom. The Hall–Kier alpha value is -2.02. The first kappa shape index (κ1) is 17.8. The summed E-state index contributed by atoms with van der Waals surface area (Å²) < 4.78 is 0. The molecule has 1 aromatic rings. The minimum Gasteiger partial charge on any atom is -0.479 e. The highest BCUT2D eigenvalue weighted by Crippen LogP contribution is 2.37. The SMILES string of the molecule is CC1Sc2ccc(C(=O)N(C)C3(C(=O)O)CCCCC3)cc2NC1=O. The van der Waals surface area contributed by atoms with Crippen LogP contribution in [0.25, 0.3) is 0 Å². The zero-order valence-corrected chi connectivity index (χ0v) is 15.2. The zero-order valence-electron chi connectivity index (χ0n) is 14.4. The Bertz CT molecular complexity index is 728. The van der Waals surface area contributed by atoms with Crippen LogP contribution in [0.1, 0.15) is 49.4 Å². The van der Waals surface area contributed by atoms with Gasteiger partial charge in [0.2, 0.25) is 5.91 Å². The number of nitrogens with zero attached hydrogens (tertiary/aromatic N) is 1. The van der Waals surface area contributed by atoms with Gasteiger partial charge in [-0.15, -0.1) is 11.8 Å². The number of benzene rings is 1. The summed E-state index contributed by atoms with van der Waals surface area (Å²) in [5.74, 6) is -1.37. The standard InChI is InChI=1S/C18H22N2O4S/c1-11-15(21)19-13-10-12(6-7-14(13)25-11)16(22)20(2)18(17(23)24)8-4-3-5-9-18/h6-7,10-11H,3-5,8-9H2,1-2H3,(H,19,21)(H,23,24). The molecule has 0 aromatic heterocycles. The zero-order chi connectivity index (χ0) is 18.2. The lowest BCUT2D eigenvalue weighted by molar-refractivity contribution is -0.151. The quantitative estimate of drug-likeness (QED) is 0.863. The fourth-order valence-corrected chi connectivity index (χ4v) is 4.49. The maximum atomic E-state index is 12.9. The van der Waals surface area contributed by atoms with Gasteiger partial charge < -0.3 is 15.3 Å². The number of carboxylic acid groups (broad SMARTS) is 1. The van der Waals surface area contributed by atoms with Crippen molar-refractivity contribution in [3.05, 3.63) is 23.8 Å². The molecule has 0 spiro atoms. The number of hydrogen-bond acceptors (Lipinski definition) is 4. The van der Waals surface area contributed by atoms with Crippen LogP contribution in [-0.4, -0.2) is 45.6 Å². The molecule has 134 valence electrons. The first-order valence-electron chi connectivity index (χ1n) is 8.48. The second kappa shape index (κ2) is 6.71. The molecule has 3 rings (SSSR count). The number of hydrogen-bond donors (Lipinski definition) is 2. The molecule has 1 atom stereocenters. The molecule has 0 radical (unpaired) electrons. The molecule has 1 heterocycles. The number of thioether (sulfide) groups is 1. The van der Waals surface area contributed by atoms with E-state index in [1.807, 2.05) is 13.0 Å². The van der Waals surface area contributed by atoms with Gasteiger partial charge in [-0.05, 0) is 38.0 Å². The molecule has 2 aliphatic rings. The number of aliphatic carboxylic acids is 1. The van der Waals surface area contributed by atoms with Crippen LogP contribution in [0.3, 0.4) is 0 Å². The van der Waals surface area contributed by atoms with E-state index in [0.717, 1.165) is 24.2 Å². The number of anilines is 1. The third-order valence-electron chi connectivity index (χ3n) is 5.18. The number of likely N-dealkylation sites (N-methyl/N-ethyl adjacent to an activating group) is 1. The number of carbonyl (C=O) groups is 3. The minimum absolute atomic E-state index is 0.0928. The van der Waals surface area contributed by atoms with E-state index in [1.54, 1.807) is 19.2 Å². The number of carboxylic acids is 1. The Kier molecular flexibility index (Phi) is 4.77. The lowest BCUT2D eigenvalue weighted by atomic mass is 9.80. The van der Waals surface area contributed by atoms with Gasteiger partial charge >= 0.3 is 5.97 Å². The van der Waals surface area contributed by atoms with Crippen molar-refractivity contribution in [2.24, 2.45) is 0 Å². The van der Waals surface area contributed by atoms with Gasteiger partial charge in [-0.3, -0.25) is 9.59 Å². The van der Waals surface area contributed by atoms with Crippen LogP contribution in [0.15, 0.2) is 23.1 Å². The summed E-state index contributed by atoms with van der Waals surface area (Å²) in [4.78, 5) is 39.0. The van der Waals surface area contributed by atoms with E-state index in [2.05, 4.69) is 5.32 Å². The van der Waals surface area contributed by atoms with Crippen molar-refractivity contribution < 1.29 is 19.5 Å². The van der Waals surface area contributed by atoms with Gasteiger partial charge in [0.1, 0.15) is 5.54 Å². The smallest absolute Gasteiger partial charge is 0.329 e. The monoisotopic (exact) mass is 362 g/mol. The molecule has 1 unspecified atom stereocenters. The highest BCUT2D eigenvalue weighted by Gasteiger charge is 2.45. The van der Waals surface area contributed by atoms with Crippen molar-refractivity contribution >= 4 is 35.2 Å². The lowest BCUT2D eigenvalue weighted by Gasteiger charge is -2.41. The molecule has 1 saturated carbocycles. The largest absolute Gasteiger partial charge is 0.479 e. The molecule has 0 bridgehead atoms. The highest BCUT2D eigenvalue weighted by molar-refractivity contribution is 8.00. The lowest BCUT2D eigenvalue weighted by Crippen LogP contribution is -2.56. The van der Waals surface area contributed by atoms with Crippen molar-refractivity contribution in [1.82, 2.24) is 4.90 Å². The van der Waals surface area contributed by atoms with Gasteiger partial charge in [0.05, 0.1) is 10.9 Å². The molecule has 1 fully saturated rings. The fraction of sp³-hybridized carbons (Fsp3) is 0.500. The first-order valence-corrected chi connectivity index (χ1v) is 9.36. The van der Waals surface area contributed by atoms with Gasteiger partial charge in [-0.2, -0.15) is 0 Å². The third kappa shape index (κ3) is 3.13.